The van der Waals surface area contributed by atoms with Gasteiger partial charge in [-0.3, -0.25) is 29.4 Å². The lowest BCUT2D eigenvalue weighted by atomic mass is 9.99. The Labute approximate surface area is 259 Å². The fraction of sp³-hybridized carbons (Fsp3) is 0.387. The fourth-order valence-electron chi connectivity index (χ4n) is 4.91. The molecule has 14 heteroatoms. The molecule has 0 bridgehead atoms. The number of Topliss-reactive ketones (excluding diaryl/α,β-unsaturated/α-hetero) is 1. The van der Waals surface area contributed by atoms with Crippen molar-refractivity contribution in [3.63, 3.8) is 0 Å². The first kappa shape index (κ1) is 32.6. The summed E-state index contributed by atoms with van der Waals surface area (Å²) in [6.07, 6.45) is -1.11. The van der Waals surface area contributed by atoms with Crippen LogP contribution in [0.3, 0.4) is 0 Å². The number of fused-ring (bicyclic) bond motifs is 1. The number of hydrogen-bond acceptors (Lipinski definition) is 11. The van der Waals surface area contributed by atoms with E-state index in [2.05, 4.69) is 21.1 Å². The number of amides is 2. The van der Waals surface area contributed by atoms with Crippen LogP contribution in [-0.4, -0.2) is 73.1 Å². The molecule has 14 nitrogen and oxygen atoms in total. The predicted molar refractivity (Wildman–Crippen MR) is 162 cm³/mol. The number of carbonyl (C=O) groups is 5. The largest absolute Gasteiger partial charge is 0.469 e. The average molecular weight is 621 g/mol. The second-order valence-corrected chi connectivity index (χ2v) is 10.6. The molecule has 45 heavy (non-hydrogen) atoms. The lowest BCUT2D eigenvalue weighted by Crippen LogP contribution is -2.58. The molecule has 0 saturated carbocycles. The first-order valence-corrected chi connectivity index (χ1v) is 14.5. The van der Waals surface area contributed by atoms with Gasteiger partial charge in [0.05, 0.1) is 32.3 Å². The molecule has 0 saturated heterocycles. The van der Waals surface area contributed by atoms with Crippen LogP contribution in [0.1, 0.15) is 60.5 Å². The van der Waals surface area contributed by atoms with E-state index in [4.69, 9.17) is 25.5 Å². The summed E-state index contributed by atoms with van der Waals surface area (Å²) >= 11 is 0. The SMILES string of the molecule is CCCCOC(=O)CC(C(=O)OC)[C@H](NC(=O)CC1CC(c2ccc(C(=N)N)cc2)=NO1)NC(=O)C1Nc2ccccc2C1=O. The van der Waals surface area contributed by atoms with Crippen molar-refractivity contribution in [1.82, 2.24) is 10.6 Å². The molecule has 6 N–H and O–H groups in total. The predicted octanol–water partition coefficient (Wildman–Crippen LogP) is 1.61. The normalized spacial score (nSPS) is 17.9. The van der Waals surface area contributed by atoms with Crippen LogP contribution in [0.2, 0.25) is 0 Å². The summed E-state index contributed by atoms with van der Waals surface area (Å²) in [7, 11) is 1.12. The minimum Gasteiger partial charge on any atom is -0.469 e. The van der Waals surface area contributed by atoms with Crippen LogP contribution in [0.4, 0.5) is 5.69 Å². The number of para-hydroxylation sites is 1. The van der Waals surface area contributed by atoms with E-state index < -0.39 is 60.2 Å². The van der Waals surface area contributed by atoms with E-state index in [0.717, 1.165) is 19.1 Å². The van der Waals surface area contributed by atoms with Gasteiger partial charge in [0, 0.05) is 23.2 Å². The highest BCUT2D eigenvalue weighted by Crippen LogP contribution is 2.26. The van der Waals surface area contributed by atoms with Gasteiger partial charge in [0.1, 0.15) is 24.0 Å². The Kier molecular flexibility index (Phi) is 10.8. The number of anilines is 1. The second kappa shape index (κ2) is 14.9. The number of nitrogens with two attached hydrogens (primary N) is 1. The molecule has 3 unspecified atom stereocenters. The van der Waals surface area contributed by atoms with Crippen LogP contribution >= 0.6 is 0 Å². The molecule has 2 aliphatic heterocycles. The maximum absolute atomic E-state index is 13.4. The molecule has 4 atom stereocenters. The number of hydrogen-bond donors (Lipinski definition) is 5. The lowest BCUT2D eigenvalue weighted by Gasteiger charge is -2.28. The van der Waals surface area contributed by atoms with Crippen LogP contribution in [0.5, 0.6) is 0 Å². The Balaban J connectivity index is 1.46. The monoisotopic (exact) mass is 620 g/mol. The Hall–Kier alpha value is -5.27. The minimum absolute atomic E-state index is 0.0700. The highest BCUT2D eigenvalue weighted by molar-refractivity contribution is 6.21. The number of carbonyl (C=O) groups excluding carboxylic acids is 5. The van der Waals surface area contributed by atoms with E-state index >= 15 is 0 Å². The van der Waals surface area contributed by atoms with Gasteiger partial charge < -0.3 is 36.0 Å². The summed E-state index contributed by atoms with van der Waals surface area (Å²) in [4.78, 5) is 70.5. The fourth-order valence-corrected chi connectivity index (χ4v) is 4.91. The number of ketones is 1. The van der Waals surface area contributed by atoms with Gasteiger partial charge in [-0.15, -0.1) is 0 Å². The smallest absolute Gasteiger partial charge is 0.313 e. The molecule has 2 heterocycles. The topological polar surface area (TPSA) is 211 Å². The summed E-state index contributed by atoms with van der Waals surface area (Å²) in [6, 6.07) is 12.1. The maximum atomic E-state index is 13.4. The van der Waals surface area contributed by atoms with Crippen molar-refractivity contribution in [2.45, 2.75) is 57.3 Å². The number of oxime groups is 1. The third kappa shape index (κ3) is 8.22. The van der Waals surface area contributed by atoms with E-state index in [9.17, 15) is 24.0 Å². The van der Waals surface area contributed by atoms with Crippen molar-refractivity contribution in [3.05, 3.63) is 65.2 Å². The molecule has 0 spiro atoms. The lowest BCUT2D eigenvalue weighted by molar-refractivity contribution is -0.155. The molecule has 0 radical (unpaired) electrons. The Morgan fingerprint density at radius 2 is 1.87 bits per heavy atom. The molecule has 0 aromatic heterocycles. The Morgan fingerprint density at radius 1 is 1.13 bits per heavy atom. The van der Waals surface area contributed by atoms with Crippen LogP contribution in [0.15, 0.2) is 53.7 Å². The zero-order valence-electron chi connectivity index (χ0n) is 25.0. The van der Waals surface area contributed by atoms with Gasteiger partial charge >= 0.3 is 11.9 Å². The van der Waals surface area contributed by atoms with Gasteiger partial charge in [-0.2, -0.15) is 0 Å². The van der Waals surface area contributed by atoms with Gasteiger partial charge in [-0.05, 0) is 24.1 Å². The number of unbranched alkanes of at least 4 members (excludes halogenated alkanes) is 1. The second-order valence-electron chi connectivity index (χ2n) is 10.6. The van der Waals surface area contributed by atoms with E-state index in [1.54, 1.807) is 48.5 Å². The number of nitrogens with zero attached hydrogens (tertiary/aromatic N) is 1. The van der Waals surface area contributed by atoms with E-state index in [-0.39, 0.29) is 25.3 Å². The molecule has 2 amide bonds. The zero-order chi connectivity index (χ0) is 32.5. The van der Waals surface area contributed by atoms with Crippen molar-refractivity contribution < 1.29 is 38.3 Å². The molecule has 0 fully saturated rings. The molecule has 2 aromatic rings. The molecule has 238 valence electrons. The summed E-state index contributed by atoms with van der Waals surface area (Å²) in [6.45, 7) is 2.07. The summed E-state index contributed by atoms with van der Waals surface area (Å²) < 4.78 is 10.1. The van der Waals surface area contributed by atoms with Crippen molar-refractivity contribution in [3.8, 4) is 0 Å². The number of rotatable bonds is 14. The van der Waals surface area contributed by atoms with Gasteiger partial charge in [0.2, 0.25) is 5.91 Å². The van der Waals surface area contributed by atoms with E-state index in [0.29, 0.717) is 28.9 Å². The van der Waals surface area contributed by atoms with Gasteiger partial charge in [-0.1, -0.05) is 54.9 Å². The standard InChI is InChI=1S/C31H36N6O8/c1-3-4-13-44-25(39)16-21(31(42)43-2)29(36-30(41)26-27(40)20-7-5-6-8-22(20)34-26)35-24(38)15-19-14-23(37-45-19)17-9-11-18(12-10-17)28(32)33/h5-12,19,21,26,29,34H,3-4,13-16H2,1-2H3,(H3,32,33)(H,35,38)(H,36,41)/t19?,21?,26?,29-/m1/s1. The van der Waals surface area contributed by atoms with Crippen LogP contribution in [0.25, 0.3) is 0 Å². The molecular formula is C31H36N6O8. The maximum Gasteiger partial charge on any atom is 0.313 e. The third-order valence-electron chi connectivity index (χ3n) is 7.36. The van der Waals surface area contributed by atoms with Crippen LogP contribution < -0.4 is 21.7 Å². The highest BCUT2D eigenvalue weighted by atomic mass is 16.6. The summed E-state index contributed by atoms with van der Waals surface area (Å²) in [5.74, 6) is -4.95. The number of nitrogens with one attached hydrogen (secondary N) is 4. The van der Waals surface area contributed by atoms with Crippen molar-refractivity contribution in [2.75, 3.05) is 19.0 Å². The molecule has 2 aromatic carbocycles. The number of methoxy groups -OCH3 is 1. The number of amidine groups is 1. The summed E-state index contributed by atoms with van der Waals surface area (Å²) in [5.41, 5.74) is 8.17. The van der Waals surface area contributed by atoms with Crippen molar-refractivity contribution in [2.24, 2.45) is 16.8 Å². The van der Waals surface area contributed by atoms with Crippen LogP contribution in [-0.2, 0) is 33.5 Å². The summed E-state index contributed by atoms with van der Waals surface area (Å²) in [5, 5.41) is 19.6. The van der Waals surface area contributed by atoms with Gasteiger partial charge in [-0.25, -0.2) is 0 Å². The molecule has 4 rings (SSSR count). The number of ether oxygens (including phenoxy) is 2. The van der Waals surface area contributed by atoms with E-state index in [1.807, 2.05) is 6.92 Å². The van der Waals surface area contributed by atoms with Crippen molar-refractivity contribution >= 4 is 46.8 Å². The van der Waals surface area contributed by atoms with Crippen LogP contribution in [0, 0.1) is 11.3 Å². The Bertz CT molecular complexity index is 1490. The molecular weight excluding hydrogens is 584 g/mol. The minimum atomic E-state index is -1.43. The number of nitrogen functional groups attached to an aromatic ring is 1. The average Bonchev–Trinajstić information content (AvgIpc) is 3.63. The van der Waals surface area contributed by atoms with Crippen molar-refractivity contribution in [1.29, 1.82) is 5.41 Å². The first-order chi connectivity index (χ1) is 21.6. The zero-order valence-corrected chi connectivity index (χ0v) is 25.0. The Morgan fingerprint density at radius 3 is 2.53 bits per heavy atom. The first-order valence-electron chi connectivity index (χ1n) is 14.5. The quantitative estimate of drug-likeness (QED) is 0.0514. The van der Waals surface area contributed by atoms with Gasteiger partial charge in [0.15, 0.2) is 11.8 Å². The van der Waals surface area contributed by atoms with Gasteiger partial charge in [0.25, 0.3) is 5.91 Å². The highest BCUT2D eigenvalue weighted by Gasteiger charge is 2.40. The molecule has 2 aliphatic rings. The number of esters is 2. The molecule has 0 aliphatic carbocycles. The van der Waals surface area contributed by atoms with E-state index in [1.165, 1.54) is 0 Å². The number of benzene rings is 2. The third-order valence-corrected chi connectivity index (χ3v) is 7.36.